The number of imidazole rings is 4. The number of likely N-dealkylation sites (tertiary alicyclic amines) is 1. The van der Waals surface area contributed by atoms with Crippen LogP contribution in [-0.4, -0.2) is 233 Å². The van der Waals surface area contributed by atoms with Gasteiger partial charge in [-0.25, -0.2) is 59.2 Å². The molecule has 4 fully saturated rings. The lowest BCUT2D eigenvalue weighted by Crippen LogP contribution is -2.42. The number of piperidine rings is 1. The van der Waals surface area contributed by atoms with Crippen LogP contribution in [-0.2, 0) is 39.1 Å². The van der Waals surface area contributed by atoms with Crippen LogP contribution in [0, 0.1) is 40.8 Å². The summed E-state index contributed by atoms with van der Waals surface area (Å²) in [6, 6.07) is 38.1. The maximum absolute atomic E-state index is 14.0. The third-order valence-electron chi connectivity index (χ3n) is 22.8. The zero-order valence-corrected chi connectivity index (χ0v) is 71.4. The summed E-state index contributed by atoms with van der Waals surface area (Å²) in [5.41, 5.74) is 11.6. The molecule has 0 radical (unpaired) electrons. The lowest BCUT2D eigenvalue weighted by Gasteiger charge is -2.30. The number of aromatic amines is 8. The molecule has 10 aromatic heterocycles. The number of rotatable bonds is 20. The number of H-pyrrole nitrogens is 8. The maximum Gasteiger partial charge on any atom is 0.261 e. The number of pyridine rings is 1. The van der Waals surface area contributed by atoms with Gasteiger partial charge < -0.3 is 56.0 Å². The Labute approximate surface area is 746 Å². The van der Waals surface area contributed by atoms with Gasteiger partial charge in [0.1, 0.15) is 74.4 Å². The van der Waals surface area contributed by atoms with Crippen LogP contribution in [0.25, 0.3) is 95.7 Å². The van der Waals surface area contributed by atoms with Crippen molar-refractivity contribution in [3.05, 3.63) is 257 Å². The Bertz CT molecular complexity index is 7150. The second-order valence-electron chi connectivity index (χ2n) is 31.8. The van der Waals surface area contributed by atoms with Gasteiger partial charge in [0.2, 0.25) is 10.0 Å². The normalized spacial score (nSPS) is 14.9. The lowest BCUT2D eigenvalue weighted by atomic mass is 9.99. The Morgan fingerprint density at radius 3 is 1.17 bits per heavy atom. The molecule has 0 bridgehead atoms. The van der Waals surface area contributed by atoms with Crippen LogP contribution in [0.15, 0.2) is 188 Å². The van der Waals surface area contributed by atoms with E-state index in [1.54, 1.807) is 29.2 Å². The number of morpholine rings is 2. The van der Waals surface area contributed by atoms with Gasteiger partial charge in [0.15, 0.2) is 23.3 Å². The third-order valence-corrected chi connectivity index (χ3v) is 24.7. The van der Waals surface area contributed by atoms with Crippen LogP contribution >= 0.6 is 0 Å². The fourth-order valence-electron chi connectivity index (χ4n) is 15.9. The van der Waals surface area contributed by atoms with Gasteiger partial charge in [0.05, 0.1) is 140 Å². The van der Waals surface area contributed by atoms with Crippen molar-refractivity contribution in [2.75, 3.05) is 113 Å². The molecule has 13 N–H and O–H groups in total. The summed E-state index contributed by atoms with van der Waals surface area (Å²) in [4.78, 5) is 88.8. The SMILES string of the molecule is CC1CCN(Cc2ccc3nc(-c4[nH]ncc4NC(=O)c4c(F)cccc4F)[nH]c3c2)CC1.O=C(Nc1cn[nH]c1-c1nc2ccc(CN3CCNCC3)cc2[nH]1)c1c(F)cccc1F.O=C(Nc1cn[nH]c1-c1nc2ccc(CN3CCOCC3)cc2[nH]1)c1cnn2ccccc12.O=C(Nc1cn[nH]c1-c1nc2ccc(S(=O)(=O)N3CCOCC3)cc2[nH]1)c1c(F)cccc1F. The number of hydrogen-bond donors (Lipinski definition) is 13. The molecule has 7 aromatic carbocycles. The summed E-state index contributed by atoms with van der Waals surface area (Å²) in [5, 5.41) is 45.1. The molecular weight excluding hydrogens is 1730 g/mol. The van der Waals surface area contributed by atoms with E-state index in [1.165, 1.54) is 76.7 Å². The molecule has 21 rings (SSSR count). The standard InChI is InChI=1S/C24H24F2N6O.C23H22N8O2.C22H21F2N7O.C21H18F2N6O4S/c1-14-7-9-32(10-8-14)13-15-5-6-18-19(11-15)29-23(28-18)22-20(12-27-31-22)30-24(33)21-16(25)3-2-4-17(21)26;32-23(16-12-25-31-6-2-1-3-20(16)31)28-19-13-24-29-21(19)22-26-17-5-4-15(11-18(17)27-22)14-30-7-9-33-10-8-30;23-14-2-1-3-15(24)19(14)22(32)29-18-11-26-30-20(18)21-27-16-5-4-13(10-17(16)28-21)12-31-8-6-25-7-9-31;22-13-2-1-3-14(23)18(13)21(30)27-17-11-24-28-19(17)20-25-15-5-4-12(10-16(15)26-20)34(31,32)29-6-8-33-9-7-29/h2-6,11-12,14H,7-10,13H2,1H3,(H,27,31)(H,28,29)(H,30,33);1-6,11-13H,7-10,14H2,(H,24,29)(H,26,27)(H,28,32);1-5,10-11,25H,6-9,12H2,(H,26,30)(H,27,28)(H,29,32);1-5,10-11H,6-9H2,(H,24,28)(H,25,26)(H,27,30). The molecule has 4 saturated heterocycles. The summed E-state index contributed by atoms with van der Waals surface area (Å²) < 4.78 is 123. The number of nitrogens with one attached hydrogen (secondary N) is 13. The van der Waals surface area contributed by atoms with Gasteiger partial charge >= 0.3 is 0 Å². The molecule has 0 spiro atoms. The fourth-order valence-corrected chi connectivity index (χ4v) is 17.3. The third kappa shape index (κ3) is 19.5. The van der Waals surface area contributed by atoms with Crippen LogP contribution in [0.3, 0.4) is 0 Å². The molecule has 676 valence electrons. The first kappa shape index (κ1) is 87.8. The lowest BCUT2D eigenvalue weighted by molar-refractivity contribution is 0.0342. The number of halogens is 6. The van der Waals surface area contributed by atoms with Gasteiger partial charge in [-0.15, -0.1) is 0 Å². The molecule has 4 aliphatic rings. The molecule has 35 nitrogen and oxygen atoms in total. The predicted molar refractivity (Wildman–Crippen MR) is 478 cm³/mol. The Morgan fingerprint density at radius 2 is 0.765 bits per heavy atom. The van der Waals surface area contributed by atoms with Gasteiger partial charge in [-0.2, -0.15) is 29.8 Å². The predicted octanol–water partition coefficient (Wildman–Crippen LogP) is 12.8. The first-order valence-corrected chi connectivity index (χ1v) is 43.7. The number of fused-ring (bicyclic) bond motifs is 5. The molecule has 0 saturated carbocycles. The van der Waals surface area contributed by atoms with Crippen LogP contribution in [0.2, 0.25) is 0 Å². The van der Waals surface area contributed by atoms with Crippen molar-refractivity contribution in [2.24, 2.45) is 5.92 Å². The zero-order valence-electron chi connectivity index (χ0n) is 70.5. The van der Waals surface area contributed by atoms with Gasteiger partial charge in [-0.1, -0.05) is 49.4 Å². The molecule has 4 amide bonds. The zero-order chi connectivity index (χ0) is 91.1. The minimum absolute atomic E-state index is 0.102. The van der Waals surface area contributed by atoms with Crippen molar-refractivity contribution < 1.29 is 63.4 Å². The average Bonchev–Trinajstić information content (AvgIpc) is 1.65. The fraction of sp³-hybridized carbons (Fsp3) is 0.233. The number of sulfonamides is 1. The number of carbonyl (C=O) groups excluding carboxylic acids is 4. The number of amides is 4. The molecule has 0 unspecified atom stereocenters. The maximum atomic E-state index is 14.0. The van der Waals surface area contributed by atoms with Crippen molar-refractivity contribution in [1.29, 1.82) is 0 Å². The molecule has 0 atom stereocenters. The number of ether oxygens (including phenoxy) is 2. The largest absolute Gasteiger partial charge is 0.379 e. The van der Waals surface area contributed by atoms with E-state index in [4.69, 9.17) is 14.5 Å². The Morgan fingerprint density at radius 1 is 0.409 bits per heavy atom. The highest BCUT2D eigenvalue weighted by molar-refractivity contribution is 7.89. The topological polar surface area (TPSA) is 441 Å². The van der Waals surface area contributed by atoms with Crippen LogP contribution in [0.4, 0.5) is 49.1 Å². The summed E-state index contributed by atoms with van der Waals surface area (Å²) in [6.07, 6.45) is 11.4. The van der Waals surface area contributed by atoms with E-state index in [1.807, 2.05) is 42.5 Å². The number of hydrogen-bond acceptors (Lipinski definition) is 21. The van der Waals surface area contributed by atoms with E-state index < -0.39 is 79.3 Å². The molecule has 14 heterocycles. The Balaban J connectivity index is 0.000000118. The quantitative estimate of drug-likeness (QED) is 0.0315. The number of carbonyl (C=O) groups is 4. The van der Waals surface area contributed by atoms with Gasteiger partial charge in [0, 0.05) is 78.2 Å². The first-order chi connectivity index (χ1) is 64.1. The minimum atomic E-state index is -3.70. The highest BCUT2D eigenvalue weighted by atomic mass is 32.2. The average molecular weight is 1820 g/mol. The van der Waals surface area contributed by atoms with Gasteiger partial charge in [-0.05, 0) is 152 Å². The molecular formula is C90H85F6N27O8S. The first-order valence-electron chi connectivity index (χ1n) is 42.3. The molecule has 42 heteroatoms. The van der Waals surface area contributed by atoms with E-state index >= 15 is 0 Å². The number of nitrogens with zero attached hydrogens (tertiary/aromatic N) is 14. The van der Waals surface area contributed by atoms with Crippen molar-refractivity contribution in [3.63, 3.8) is 0 Å². The van der Waals surface area contributed by atoms with E-state index in [0.29, 0.717) is 70.1 Å². The Kier molecular flexibility index (Phi) is 25.8. The summed E-state index contributed by atoms with van der Waals surface area (Å²) >= 11 is 0. The second kappa shape index (κ2) is 38.8. The molecule has 4 aliphatic heterocycles. The highest BCUT2D eigenvalue weighted by Gasteiger charge is 2.31. The van der Waals surface area contributed by atoms with Gasteiger partial charge in [0.25, 0.3) is 23.6 Å². The van der Waals surface area contributed by atoms with E-state index in [9.17, 15) is 53.9 Å². The highest BCUT2D eigenvalue weighted by Crippen LogP contribution is 2.35. The molecule has 17 aromatic rings. The molecule has 132 heavy (non-hydrogen) atoms. The second-order valence-corrected chi connectivity index (χ2v) is 33.7. The minimum Gasteiger partial charge on any atom is -0.379 e. The number of piperazine rings is 1. The van der Waals surface area contributed by atoms with Crippen LogP contribution in [0.1, 0.15) is 77.9 Å². The van der Waals surface area contributed by atoms with Gasteiger partial charge in [-0.3, -0.25) is 54.3 Å². The number of benzene rings is 7. The monoisotopic (exact) mass is 1820 g/mol. The Hall–Kier alpha value is -14.9. The summed E-state index contributed by atoms with van der Waals surface area (Å²) in [5.74, 6) is -6.22. The van der Waals surface area contributed by atoms with E-state index in [2.05, 4.69) is 159 Å². The number of aromatic nitrogens is 18. The van der Waals surface area contributed by atoms with E-state index in [-0.39, 0.29) is 52.5 Å². The van der Waals surface area contributed by atoms with E-state index in [0.717, 1.165) is 172 Å². The summed E-state index contributed by atoms with van der Waals surface area (Å²) in [7, 11) is -3.70. The van der Waals surface area contributed by atoms with Crippen molar-refractivity contribution in [1.82, 2.24) is 115 Å². The van der Waals surface area contributed by atoms with Crippen molar-refractivity contribution in [2.45, 2.75) is 44.3 Å². The van der Waals surface area contributed by atoms with Crippen LogP contribution in [0.5, 0.6) is 0 Å². The van der Waals surface area contributed by atoms with Crippen LogP contribution < -0.4 is 26.6 Å². The number of anilines is 4. The smallest absolute Gasteiger partial charge is 0.261 e. The van der Waals surface area contributed by atoms with Crippen molar-refractivity contribution >= 4 is 106 Å². The van der Waals surface area contributed by atoms with Crippen molar-refractivity contribution in [3.8, 4) is 46.1 Å². The molecule has 0 aliphatic carbocycles. The summed E-state index contributed by atoms with van der Waals surface area (Å²) in [6.45, 7) is 15.8.